The zero-order valence-electron chi connectivity index (χ0n) is 17.7. The van der Waals surface area contributed by atoms with Crippen molar-refractivity contribution in [1.82, 2.24) is 0 Å². The molecule has 1 N–H and O–H groups in total. The normalized spacial score (nSPS) is 12.1. The monoisotopic (exact) mass is 436 g/mol. The molecular formula is C25H24O5S. The van der Waals surface area contributed by atoms with Gasteiger partial charge in [-0.3, -0.25) is 4.79 Å². The van der Waals surface area contributed by atoms with Gasteiger partial charge in [0.2, 0.25) is 0 Å². The van der Waals surface area contributed by atoms with Crippen LogP contribution in [0.4, 0.5) is 0 Å². The molecule has 0 aliphatic heterocycles. The first kappa shape index (κ1) is 21.2. The number of carbonyl (C=O) groups is 1. The van der Waals surface area contributed by atoms with Gasteiger partial charge in [0.15, 0.2) is 17.3 Å². The largest absolute Gasteiger partial charge is 0.493 e. The summed E-state index contributed by atoms with van der Waals surface area (Å²) < 4.78 is 17.6. The molecule has 1 atom stereocenters. The lowest BCUT2D eigenvalue weighted by Gasteiger charge is -2.10. The standard InChI is InChI=1S/C25H24O5S/c1-15-5-4-6-17-18(14-31-25(15)17)21-11-12-22(30-21)20(27)9-8-19(26)16-7-10-23(28-2)24(13-16)29-3/h4-7,10-14,20,27H,8-9H2,1-3H3. The molecule has 6 heteroatoms. The van der Waals surface area contributed by atoms with Crippen LogP contribution in [0.2, 0.25) is 0 Å². The number of aliphatic hydroxyl groups excluding tert-OH is 1. The average Bonchev–Trinajstić information content (AvgIpc) is 3.44. The predicted molar refractivity (Wildman–Crippen MR) is 122 cm³/mol. The van der Waals surface area contributed by atoms with Crippen LogP contribution < -0.4 is 9.47 Å². The Labute approximate surface area is 184 Å². The van der Waals surface area contributed by atoms with Crippen molar-refractivity contribution in [3.05, 3.63) is 70.8 Å². The molecule has 160 valence electrons. The van der Waals surface area contributed by atoms with Crippen LogP contribution in [0.5, 0.6) is 11.5 Å². The third-order valence-corrected chi connectivity index (χ3v) is 6.50. The summed E-state index contributed by atoms with van der Waals surface area (Å²) in [5.74, 6) is 2.17. The van der Waals surface area contributed by atoms with Gasteiger partial charge in [0, 0.05) is 33.0 Å². The number of aliphatic hydroxyl groups is 1. The van der Waals surface area contributed by atoms with Crippen molar-refractivity contribution in [2.24, 2.45) is 0 Å². The minimum Gasteiger partial charge on any atom is -0.493 e. The topological polar surface area (TPSA) is 68.9 Å². The fraction of sp³-hybridized carbons (Fsp3) is 0.240. The van der Waals surface area contributed by atoms with E-state index in [1.54, 1.807) is 42.7 Å². The summed E-state index contributed by atoms with van der Waals surface area (Å²) in [5.41, 5.74) is 2.77. The predicted octanol–water partition coefficient (Wildman–Crippen LogP) is 6.18. The third kappa shape index (κ3) is 4.22. The summed E-state index contributed by atoms with van der Waals surface area (Å²) in [6.07, 6.45) is -0.402. The Bertz CT molecular complexity index is 1220. The van der Waals surface area contributed by atoms with Crippen LogP contribution in [0.3, 0.4) is 0 Å². The number of furan rings is 1. The molecule has 1 unspecified atom stereocenters. The highest BCUT2D eigenvalue weighted by molar-refractivity contribution is 7.18. The number of benzene rings is 2. The van der Waals surface area contributed by atoms with Crippen LogP contribution in [0.1, 0.15) is 40.6 Å². The van der Waals surface area contributed by atoms with Crippen molar-refractivity contribution < 1.29 is 23.8 Å². The van der Waals surface area contributed by atoms with Gasteiger partial charge < -0.3 is 19.0 Å². The maximum absolute atomic E-state index is 12.6. The van der Waals surface area contributed by atoms with Gasteiger partial charge in [0.1, 0.15) is 17.6 Å². The number of rotatable bonds is 8. The van der Waals surface area contributed by atoms with Crippen LogP contribution in [0, 0.1) is 6.92 Å². The molecule has 4 rings (SSSR count). The molecule has 0 aliphatic rings. The summed E-state index contributed by atoms with van der Waals surface area (Å²) in [6, 6.07) is 14.9. The first-order chi connectivity index (χ1) is 15.0. The van der Waals surface area contributed by atoms with E-state index in [1.807, 2.05) is 12.1 Å². The minimum atomic E-state index is -0.857. The van der Waals surface area contributed by atoms with E-state index in [4.69, 9.17) is 13.9 Å². The van der Waals surface area contributed by atoms with Gasteiger partial charge in [-0.25, -0.2) is 0 Å². The van der Waals surface area contributed by atoms with Gasteiger partial charge in [-0.05, 0) is 49.2 Å². The lowest BCUT2D eigenvalue weighted by Crippen LogP contribution is -2.04. The van der Waals surface area contributed by atoms with Crippen LogP contribution in [-0.2, 0) is 0 Å². The summed E-state index contributed by atoms with van der Waals surface area (Å²) in [7, 11) is 3.08. The molecule has 0 fully saturated rings. The molecular weight excluding hydrogens is 412 g/mol. The SMILES string of the molecule is COc1ccc(C(=O)CCC(O)c2ccc(-c3csc4c(C)cccc34)o2)cc1OC. The number of fused-ring (bicyclic) bond motifs is 1. The van der Waals surface area contributed by atoms with E-state index in [-0.39, 0.29) is 18.6 Å². The van der Waals surface area contributed by atoms with E-state index < -0.39 is 6.10 Å². The van der Waals surface area contributed by atoms with Gasteiger partial charge in [0.25, 0.3) is 0 Å². The second kappa shape index (κ2) is 8.96. The third-order valence-electron chi connectivity index (χ3n) is 5.37. The Morgan fingerprint density at radius 1 is 1.10 bits per heavy atom. The van der Waals surface area contributed by atoms with Crippen molar-refractivity contribution in [2.75, 3.05) is 14.2 Å². The smallest absolute Gasteiger partial charge is 0.163 e. The first-order valence-electron chi connectivity index (χ1n) is 10.0. The molecule has 2 aromatic heterocycles. The number of hydrogen-bond acceptors (Lipinski definition) is 6. The van der Waals surface area contributed by atoms with E-state index in [1.165, 1.54) is 17.4 Å². The molecule has 5 nitrogen and oxygen atoms in total. The Morgan fingerprint density at radius 2 is 1.90 bits per heavy atom. The molecule has 2 aromatic carbocycles. The highest BCUT2D eigenvalue weighted by Crippen LogP contribution is 2.37. The lowest BCUT2D eigenvalue weighted by atomic mass is 10.0. The number of methoxy groups -OCH3 is 2. The van der Waals surface area contributed by atoms with Crippen molar-refractivity contribution in [3.8, 4) is 22.8 Å². The number of ketones is 1. The quantitative estimate of drug-likeness (QED) is 0.334. The zero-order valence-corrected chi connectivity index (χ0v) is 18.5. The van der Waals surface area contributed by atoms with Gasteiger partial charge in [-0.2, -0.15) is 0 Å². The van der Waals surface area contributed by atoms with E-state index >= 15 is 0 Å². The molecule has 0 aliphatic carbocycles. The van der Waals surface area contributed by atoms with Gasteiger partial charge >= 0.3 is 0 Å². The fourth-order valence-electron chi connectivity index (χ4n) is 3.63. The summed E-state index contributed by atoms with van der Waals surface area (Å²) >= 11 is 1.68. The lowest BCUT2D eigenvalue weighted by molar-refractivity contribution is 0.0921. The maximum Gasteiger partial charge on any atom is 0.163 e. The highest BCUT2D eigenvalue weighted by atomic mass is 32.1. The van der Waals surface area contributed by atoms with E-state index in [2.05, 4.69) is 24.4 Å². The molecule has 31 heavy (non-hydrogen) atoms. The number of aryl methyl sites for hydroxylation is 1. The van der Waals surface area contributed by atoms with Crippen molar-refractivity contribution >= 4 is 27.2 Å². The first-order valence-corrected chi connectivity index (χ1v) is 10.9. The fourth-order valence-corrected chi connectivity index (χ4v) is 4.67. The average molecular weight is 437 g/mol. The van der Waals surface area contributed by atoms with Crippen LogP contribution in [0.25, 0.3) is 21.4 Å². The number of Topliss-reactive ketones (excluding diaryl/α,β-unsaturated/α-hetero) is 1. The number of thiophene rings is 1. The molecule has 4 aromatic rings. The Kier molecular flexibility index (Phi) is 6.11. The zero-order chi connectivity index (χ0) is 22.0. The Hall–Kier alpha value is -3.09. The minimum absolute atomic E-state index is 0.0777. The van der Waals surface area contributed by atoms with E-state index in [0.29, 0.717) is 22.8 Å². The van der Waals surface area contributed by atoms with Crippen LogP contribution in [-0.4, -0.2) is 25.1 Å². The Balaban J connectivity index is 1.45. The molecule has 0 saturated carbocycles. The van der Waals surface area contributed by atoms with Crippen molar-refractivity contribution in [1.29, 1.82) is 0 Å². The molecule has 0 radical (unpaired) electrons. The van der Waals surface area contributed by atoms with Gasteiger partial charge in [0.05, 0.1) is 14.2 Å². The number of carbonyl (C=O) groups excluding carboxylic acids is 1. The number of hydrogen-bond donors (Lipinski definition) is 1. The summed E-state index contributed by atoms with van der Waals surface area (Å²) in [5, 5.41) is 13.8. The molecule has 0 bridgehead atoms. The summed E-state index contributed by atoms with van der Waals surface area (Å²) in [6.45, 7) is 2.09. The molecule has 0 saturated heterocycles. The highest BCUT2D eigenvalue weighted by Gasteiger charge is 2.18. The van der Waals surface area contributed by atoms with Gasteiger partial charge in [-0.1, -0.05) is 18.2 Å². The number of ether oxygens (including phenoxy) is 2. The van der Waals surface area contributed by atoms with Crippen molar-refractivity contribution in [3.63, 3.8) is 0 Å². The van der Waals surface area contributed by atoms with Gasteiger partial charge in [-0.15, -0.1) is 11.3 Å². The summed E-state index contributed by atoms with van der Waals surface area (Å²) in [4.78, 5) is 12.6. The van der Waals surface area contributed by atoms with E-state index in [0.717, 1.165) is 16.7 Å². The van der Waals surface area contributed by atoms with Crippen LogP contribution in [0.15, 0.2) is 58.3 Å². The maximum atomic E-state index is 12.6. The van der Waals surface area contributed by atoms with Crippen LogP contribution >= 0.6 is 11.3 Å². The van der Waals surface area contributed by atoms with E-state index in [9.17, 15) is 9.90 Å². The molecule has 0 spiro atoms. The molecule has 2 heterocycles. The van der Waals surface area contributed by atoms with Crippen molar-refractivity contribution in [2.45, 2.75) is 25.9 Å². The second-order valence-corrected chi connectivity index (χ2v) is 8.23. The Morgan fingerprint density at radius 3 is 2.68 bits per heavy atom. The second-order valence-electron chi connectivity index (χ2n) is 7.35. The molecule has 0 amide bonds.